The van der Waals surface area contributed by atoms with Crippen LogP contribution in [0.3, 0.4) is 0 Å². The molecule has 2 amide bonds. The van der Waals surface area contributed by atoms with Gasteiger partial charge in [-0.05, 0) is 18.6 Å². The molecule has 1 aromatic carbocycles. The van der Waals surface area contributed by atoms with Gasteiger partial charge in [0.05, 0.1) is 23.2 Å². The summed E-state index contributed by atoms with van der Waals surface area (Å²) in [4.78, 5) is 10.4. The quantitative estimate of drug-likeness (QED) is 0.539. The van der Waals surface area contributed by atoms with Crippen LogP contribution < -0.4 is 15.9 Å². The van der Waals surface area contributed by atoms with Gasteiger partial charge in [-0.1, -0.05) is 6.92 Å². The number of nitrogens with one attached hydrogen (secondary N) is 2. The molecule has 0 atom stereocenters. The Bertz CT molecular complexity index is 662. The summed E-state index contributed by atoms with van der Waals surface area (Å²) in [7, 11) is -3.72. The molecule has 0 bridgehead atoms. The number of primary amides is 1. The Labute approximate surface area is 120 Å². The van der Waals surface area contributed by atoms with Crippen LogP contribution in [0.1, 0.15) is 18.9 Å². The van der Waals surface area contributed by atoms with Crippen molar-refractivity contribution in [1.29, 1.82) is 0 Å². The van der Waals surface area contributed by atoms with Gasteiger partial charge in [0.25, 0.3) is 0 Å². The molecule has 116 valence electrons. The number of hydrogen-bond acceptors (Lipinski definition) is 4. The fraction of sp³-hybridized carbons (Fsp3) is 0.273. The molecule has 0 unspecified atom stereocenters. The van der Waals surface area contributed by atoms with Crippen molar-refractivity contribution < 1.29 is 22.0 Å². The zero-order chi connectivity index (χ0) is 16.0. The zero-order valence-corrected chi connectivity index (χ0v) is 11.9. The lowest BCUT2D eigenvalue weighted by Gasteiger charge is -2.09. The fourth-order valence-corrected chi connectivity index (χ4v) is 2.55. The van der Waals surface area contributed by atoms with Gasteiger partial charge >= 0.3 is 6.03 Å². The Morgan fingerprint density at radius 3 is 2.67 bits per heavy atom. The first-order chi connectivity index (χ1) is 9.76. The summed E-state index contributed by atoms with van der Waals surface area (Å²) in [5.74, 6) is -2.32. The van der Waals surface area contributed by atoms with Crippen LogP contribution in [-0.2, 0) is 10.0 Å². The smallest absolute Gasteiger partial charge is 0.332 e. The Kier molecular flexibility index (Phi) is 5.59. The number of amides is 2. The van der Waals surface area contributed by atoms with E-state index in [1.807, 2.05) is 4.72 Å². The molecule has 4 N–H and O–H groups in total. The highest BCUT2D eigenvalue weighted by Gasteiger charge is 2.16. The molecular weight excluding hydrogens is 306 g/mol. The van der Waals surface area contributed by atoms with E-state index in [4.69, 9.17) is 5.73 Å². The van der Waals surface area contributed by atoms with Crippen LogP contribution in [0.4, 0.5) is 19.3 Å². The number of urea groups is 1. The third-order valence-corrected chi connectivity index (χ3v) is 3.71. The number of nitrogens with zero attached hydrogens (tertiary/aromatic N) is 1. The molecule has 0 radical (unpaired) electrons. The van der Waals surface area contributed by atoms with Crippen molar-refractivity contribution in [2.75, 3.05) is 10.5 Å². The predicted molar refractivity (Wildman–Crippen MR) is 74.4 cm³/mol. The van der Waals surface area contributed by atoms with Crippen LogP contribution in [0.25, 0.3) is 0 Å². The fourth-order valence-electron chi connectivity index (χ4n) is 1.41. The van der Waals surface area contributed by atoms with Gasteiger partial charge in [-0.15, -0.1) is 0 Å². The molecule has 0 aromatic heterocycles. The number of benzene rings is 1. The maximum atomic E-state index is 14.0. The van der Waals surface area contributed by atoms with Gasteiger partial charge in [-0.3, -0.25) is 4.72 Å². The van der Waals surface area contributed by atoms with Crippen molar-refractivity contribution in [1.82, 2.24) is 5.43 Å². The predicted octanol–water partition coefficient (Wildman–Crippen LogP) is 1.12. The number of anilines is 1. The first kappa shape index (κ1) is 16.8. The minimum Gasteiger partial charge on any atom is -0.350 e. The second kappa shape index (κ2) is 6.97. The van der Waals surface area contributed by atoms with E-state index in [9.17, 15) is 22.0 Å². The van der Waals surface area contributed by atoms with Gasteiger partial charge in [0.15, 0.2) is 5.82 Å². The molecule has 0 aliphatic heterocycles. The third-order valence-electron chi connectivity index (χ3n) is 2.23. The number of nitrogens with two attached hydrogens (primary N) is 1. The molecule has 10 heteroatoms. The van der Waals surface area contributed by atoms with Crippen LogP contribution in [0.15, 0.2) is 17.2 Å². The van der Waals surface area contributed by atoms with Crippen molar-refractivity contribution in [3.63, 3.8) is 0 Å². The van der Waals surface area contributed by atoms with E-state index in [1.165, 1.54) is 0 Å². The highest BCUT2D eigenvalue weighted by atomic mass is 32.2. The maximum Gasteiger partial charge on any atom is 0.332 e. The summed E-state index contributed by atoms with van der Waals surface area (Å²) >= 11 is 0. The maximum absolute atomic E-state index is 14.0. The summed E-state index contributed by atoms with van der Waals surface area (Å²) < 4.78 is 52.7. The monoisotopic (exact) mass is 320 g/mol. The molecule has 0 heterocycles. The SMILES string of the molecule is CCCS(=O)(=O)Nc1ccc(F)c(C=NNC(N)=O)c1F. The Morgan fingerprint density at radius 1 is 1.43 bits per heavy atom. The Balaban J connectivity index is 3.09. The molecule has 1 rings (SSSR count). The number of carbonyl (C=O) groups is 1. The number of carbonyl (C=O) groups excluding carboxylic acids is 1. The average molecular weight is 320 g/mol. The summed E-state index contributed by atoms with van der Waals surface area (Å²) in [6, 6.07) is 0.821. The molecule has 0 aliphatic carbocycles. The summed E-state index contributed by atoms with van der Waals surface area (Å²) in [6.07, 6.45) is 1.03. The summed E-state index contributed by atoms with van der Waals surface area (Å²) in [6.45, 7) is 1.65. The lowest BCUT2D eigenvalue weighted by molar-refractivity contribution is 0.249. The molecule has 0 aliphatic rings. The average Bonchev–Trinajstić information content (AvgIpc) is 2.36. The Hall–Kier alpha value is -2.23. The first-order valence-corrected chi connectivity index (χ1v) is 7.49. The molecule has 0 fully saturated rings. The molecular formula is C11H14F2N4O3S. The van der Waals surface area contributed by atoms with E-state index in [0.717, 1.165) is 12.1 Å². The van der Waals surface area contributed by atoms with Crippen LogP contribution in [0.5, 0.6) is 0 Å². The molecule has 0 spiro atoms. The second-order valence-electron chi connectivity index (χ2n) is 3.98. The van der Waals surface area contributed by atoms with Crippen molar-refractivity contribution in [2.45, 2.75) is 13.3 Å². The number of rotatable bonds is 6. The van der Waals surface area contributed by atoms with E-state index < -0.39 is 38.9 Å². The van der Waals surface area contributed by atoms with Crippen molar-refractivity contribution in [2.24, 2.45) is 10.8 Å². The van der Waals surface area contributed by atoms with Gasteiger partial charge in [-0.2, -0.15) is 5.10 Å². The van der Waals surface area contributed by atoms with E-state index >= 15 is 0 Å². The Morgan fingerprint density at radius 2 is 2.10 bits per heavy atom. The van der Waals surface area contributed by atoms with Gasteiger partial charge in [0.1, 0.15) is 5.82 Å². The lowest BCUT2D eigenvalue weighted by Crippen LogP contribution is -2.24. The van der Waals surface area contributed by atoms with Gasteiger partial charge in [0.2, 0.25) is 10.0 Å². The molecule has 7 nitrogen and oxygen atoms in total. The minimum atomic E-state index is -3.72. The van der Waals surface area contributed by atoms with Crippen molar-refractivity contribution in [3.05, 3.63) is 29.3 Å². The van der Waals surface area contributed by atoms with Crippen LogP contribution >= 0.6 is 0 Å². The van der Waals surface area contributed by atoms with Crippen molar-refractivity contribution in [3.8, 4) is 0 Å². The minimum absolute atomic E-state index is 0.198. The molecule has 0 saturated carbocycles. The zero-order valence-electron chi connectivity index (χ0n) is 11.1. The highest BCUT2D eigenvalue weighted by molar-refractivity contribution is 7.92. The van der Waals surface area contributed by atoms with E-state index in [0.29, 0.717) is 12.6 Å². The van der Waals surface area contributed by atoms with E-state index in [1.54, 1.807) is 12.3 Å². The van der Waals surface area contributed by atoms with Gasteiger partial charge in [-0.25, -0.2) is 27.4 Å². The van der Waals surface area contributed by atoms with Crippen LogP contribution in [-0.4, -0.2) is 26.4 Å². The summed E-state index contributed by atoms with van der Waals surface area (Å²) in [5, 5.41) is 3.23. The number of halogens is 2. The largest absolute Gasteiger partial charge is 0.350 e. The third kappa shape index (κ3) is 4.99. The highest BCUT2D eigenvalue weighted by Crippen LogP contribution is 2.21. The molecule has 1 aromatic rings. The standard InChI is InChI=1S/C11H14F2N4O3S/c1-2-5-21(19,20)17-9-4-3-8(12)7(10(9)13)6-15-16-11(14)18/h3-4,6,17H,2,5H2,1H3,(H3,14,16,18). The lowest BCUT2D eigenvalue weighted by atomic mass is 10.2. The van der Waals surface area contributed by atoms with Gasteiger partial charge in [0, 0.05) is 0 Å². The van der Waals surface area contributed by atoms with E-state index in [-0.39, 0.29) is 5.75 Å². The van der Waals surface area contributed by atoms with Crippen molar-refractivity contribution >= 4 is 28.0 Å². The number of hydrogen-bond donors (Lipinski definition) is 3. The van der Waals surface area contributed by atoms with Crippen LogP contribution in [0, 0.1) is 11.6 Å². The number of hydrazone groups is 1. The normalized spacial score (nSPS) is 11.6. The molecule has 21 heavy (non-hydrogen) atoms. The van der Waals surface area contributed by atoms with E-state index in [2.05, 4.69) is 5.10 Å². The topological polar surface area (TPSA) is 114 Å². The second-order valence-corrected chi connectivity index (χ2v) is 5.82. The molecule has 0 saturated heterocycles. The first-order valence-electron chi connectivity index (χ1n) is 5.84. The number of sulfonamides is 1. The van der Waals surface area contributed by atoms with Gasteiger partial charge < -0.3 is 5.73 Å². The van der Waals surface area contributed by atoms with Crippen LogP contribution in [0.2, 0.25) is 0 Å². The summed E-state index contributed by atoms with van der Waals surface area (Å²) in [5.41, 5.74) is 5.49.